The predicted molar refractivity (Wildman–Crippen MR) is 164 cm³/mol. The van der Waals surface area contributed by atoms with E-state index in [-0.39, 0.29) is 29.4 Å². The van der Waals surface area contributed by atoms with Crippen molar-refractivity contribution in [2.75, 3.05) is 16.4 Å². The molecule has 0 aliphatic rings. The van der Waals surface area contributed by atoms with E-state index >= 15 is 0 Å². The molecule has 5 rings (SSSR count). The Labute approximate surface area is 251 Å². The molecule has 12 heteroatoms. The third kappa shape index (κ3) is 6.73. The van der Waals surface area contributed by atoms with E-state index in [1.54, 1.807) is 18.2 Å². The number of amides is 2. The molecule has 3 N–H and O–H groups in total. The zero-order valence-electron chi connectivity index (χ0n) is 22.5. The lowest BCUT2D eigenvalue weighted by atomic mass is 9.87. The van der Waals surface area contributed by atoms with Crippen LogP contribution in [0, 0.1) is 0 Å². The van der Waals surface area contributed by atoms with Gasteiger partial charge in [0, 0.05) is 22.8 Å². The number of rotatable bonds is 8. The summed E-state index contributed by atoms with van der Waals surface area (Å²) in [6, 6.07) is 18.5. The number of aromatic amines is 1. The molecule has 3 aromatic carbocycles. The van der Waals surface area contributed by atoms with E-state index in [1.807, 2.05) is 48.7 Å². The molecule has 2 heterocycles. The van der Waals surface area contributed by atoms with Crippen LogP contribution in [0.25, 0.3) is 16.6 Å². The molecule has 2 amide bonds. The normalized spacial score (nSPS) is 11.5. The van der Waals surface area contributed by atoms with E-state index in [2.05, 4.69) is 51.9 Å². The highest BCUT2D eigenvalue weighted by Crippen LogP contribution is 2.31. The van der Waals surface area contributed by atoms with Crippen molar-refractivity contribution in [2.24, 2.45) is 0 Å². The number of aromatic nitrogens is 5. The van der Waals surface area contributed by atoms with E-state index < -0.39 is 0 Å². The highest BCUT2D eigenvalue weighted by molar-refractivity contribution is 7.99. The van der Waals surface area contributed by atoms with E-state index in [0.717, 1.165) is 22.0 Å². The van der Waals surface area contributed by atoms with Crippen LogP contribution in [0.5, 0.6) is 0 Å². The van der Waals surface area contributed by atoms with Crippen LogP contribution in [0.2, 0.25) is 10.0 Å². The number of halogens is 2. The lowest BCUT2D eigenvalue weighted by Crippen LogP contribution is -2.16. The van der Waals surface area contributed by atoms with E-state index in [0.29, 0.717) is 32.3 Å². The number of benzene rings is 3. The molecule has 2 aromatic heterocycles. The van der Waals surface area contributed by atoms with Crippen molar-refractivity contribution in [3.05, 3.63) is 88.0 Å². The topological polar surface area (TPSA) is 118 Å². The molecule has 0 saturated carbocycles. The van der Waals surface area contributed by atoms with Gasteiger partial charge < -0.3 is 15.6 Å². The van der Waals surface area contributed by atoms with Crippen LogP contribution in [0.4, 0.5) is 11.4 Å². The maximum Gasteiger partial charge on any atom is 0.234 e. The number of carbonyl (C=O) groups excluding carboxylic acids is 2. The minimum absolute atomic E-state index is 0.0392. The number of hydrogen-bond acceptors (Lipinski definition) is 6. The minimum Gasteiger partial charge on any atom is -0.361 e. The predicted octanol–water partition coefficient (Wildman–Crippen LogP) is 6.66. The quantitative estimate of drug-likeness (QED) is 0.170. The average Bonchev–Trinajstić information content (AvgIpc) is 3.56. The summed E-state index contributed by atoms with van der Waals surface area (Å²) >= 11 is 14.1. The summed E-state index contributed by atoms with van der Waals surface area (Å²) in [6.45, 7) is 6.33. The molecule has 9 nitrogen and oxygen atoms in total. The standard InChI is InChI=1S/C29H27Cl2N7O2S/c1-29(2,3)18-8-11-25(22(31)13-18)38-28(35-36-37-38)41-16-27(40)34-24-10-9-19(14-21(24)30)33-26(39)12-17-15-32-23-7-5-4-6-20(17)23/h4-11,13-15,32H,12,16H2,1-3H3,(H,33,39)(H,34,40). The Morgan fingerprint density at radius 2 is 1.78 bits per heavy atom. The zero-order chi connectivity index (χ0) is 29.1. The van der Waals surface area contributed by atoms with Gasteiger partial charge in [0.1, 0.15) is 0 Å². The molecule has 0 aliphatic heterocycles. The molecule has 0 bridgehead atoms. The Morgan fingerprint density at radius 3 is 2.54 bits per heavy atom. The number of H-pyrrole nitrogens is 1. The first kappa shape index (κ1) is 28.7. The lowest BCUT2D eigenvalue weighted by Gasteiger charge is -2.20. The Morgan fingerprint density at radius 1 is 0.976 bits per heavy atom. The van der Waals surface area contributed by atoms with Crippen LogP contribution < -0.4 is 10.6 Å². The lowest BCUT2D eigenvalue weighted by molar-refractivity contribution is -0.115. The smallest absolute Gasteiger partial charge is 0.234 e. The molecular formula is C29H27Cl2N7O2S. The van der Waals surface area contributed by atoms with Crippen molar-refractivity contribution >= 4 is 69.1 Å². The fraction of sp³-hybridized carbons (Fsp3) is 0.207. The molecule has 0 fully saturated rings. The van der Waals surface area contributed by atoms with Crippen molar-refractivity contribution in [1.82, 2.24) is 25.2 Å². The van der Waals surface area contributed by atoms with Gasteiger partial charge in [0.05, 0.1) is 33.6 Å². The first-order valence-corrected chi connectivity index (χ1v) is 14.5. The summed E-state index contributed by atoms with van der Waals surface area (Å²) in [6.07, 6.45) is 2.05. The summed E-state index contributed by atoms with van der Waals surface area (Å²) in [5.74, 6) is -0.432. The third-order valence-electron chi connectivity index (χ3n) is 6.37. The van der Waals surface area contributed by atoms with Crippen molar-refractivity contribution in [1.29, 1.82) is 0 Å². The summed E-state index contributed by atoms with van der Waals surface area (Å²) in [5, 5.41) is 19.7. The Balaban J connectivity index is 1.18. The highest BCUT2D eigenvalue weighted by Gasteiger charge is 2.19. The number of thioether (sulfide) groups is 1. The van der Waals surface area contributed by atoms with Gasteiger partial charge in [-0.2, -0.15) is 4.68 Å². The summed E-state index contributed by atoms with van der Waals surface area (Å²) in [5.41, 5.74) is 4.49. The Kier molecular flexibility index (Phi) is 8.35. The van der Waals surface area contributed by atoms with Gasteiger partial charge >= 0.3 is 0 Å². The minimum atomic E-state index is -0.295. The first-order chi connectivity index (χ1) is 19.6. The number of tetrazole rings is 1. The number of hydrogen-bond donors (Lipinski definition) is 3. The van der Waals surface area contributed by atoms with Crippen LogP contribution in [-0.2, 0) is 21.4 Å². The second-order valence-electron chi connectivity index (χ2n) is 10.4. The largest absolute Gasteiger partial charge is 0.361 e. The van der Waals surface area contributed by atoms with Gasteiger partial charge in [0.15, 0.2) is 0 Å². The SMILES string of the molecule is CC(C)(C)c1ccc(-n2nnnc2SCC(=O)Nc2ccc(NC(=O)Cc3c[nH]c4ccccc34)cc2Cl)c(Cl)c1. The van der Waals surface area contributed by atoms with Crippen molar-refractivity contribution in [2.45, 2.75) is 37.8 Å². The second kappa shape index (κ2) is 11.9. The molecule has 0 saturated heterocycles. The summed E-state index contributed by atoms with van der Waals surface area (Å²) in [7, 11) is 0. The Hall–Kier alpha value is -3.86. The number of nitrogens with one attached hydrogen (secondary N) is 3. The van der Waals surface area contributed by atoms with Crippen molar-refractivity contribution < 1.29 is 9.59 Å². The molecule has 41 heavy (non-hydrogen) atoms. The average molecular weight is 609 g/mol. The number of para-hydroxylation sites is 1. The number of anilines is 2. The van der Waals surface area contributed by atoms with E-state index in [9.17, 15) is 9.59 Å². The van der Waals surface area contributed by atoms with Crippen LogP contribution in [0.3, 0.4) is 0 Å². The fourth-order valence-electron chi connectivity index (χ4n) is 4.23. The maximum atomic E-state index is 12.7. The summed E-state index contributed by atoms with van der Waals surface area (Å²) < 4.78 is 1.51. The zero-order valence-corrected chi connectivity index (χ0v) is 24.9. The van der Waals surface area contributed by atoms with Gasteiger partial charge in [0.25, 0.3) is 0 Å². The van der Waals surface area contributed by atoms with Crippen LogP contribution in [0.1, 0.15) is 31.9 Å². The van der Waals surface area contributed by atoms with E-state index in [1.165, 1.54) is 16.4 Å². The fourth-order valence-corrected chi connectivity index (χ4v) is 5.40. The molecule has 210 valence electrons. The molecule has 0 spiro atoms. The van der Waals surface area contributed by atoms with Gasteiger partial charge in [-0.05, 0) is 63.4 Å². The van der Waals surface area contributed by atoms with Crippen LogP contribution in [0.15, 0.2) is 72.0 Å². The van der Waals surface area contributed by atoms with Gasteiger partial charge in [0.2, 0.25) is 17.0 Å². The van der Waals surface area contributed by atoms with Gasteiger partial charge in [-0.25, -0.2) is 0 Å². The van der Waals surface area contributed by atoms with Gasteiger partial charge in [-0.15, -0.1) is 5.10 Å². The highest BCUT2D eigenvalue weighted by atomic mass is 35.5. The number of carbonyl (C=O) groups is 2. The molecule has 5 aromatic rings. The monoisotopic (exact) mass is 607 g/mol. The molecule has 0 unspecified atom stereocenters. The first-order valence-electron chi connectivity index (χ1n) is 12.7. The molecule has 0 radical (unpaired) electrons. The van der Waals surface area contributed by atoms with Crippen LogP contribution >= 0.6 is 35.0 Å². The summed E-state index contributed by atoms with van der Waals surface area (Å²) in [4.78, 5) is 28.5. The van der Waals surface area contributed by atoms with Gasteiger partial charge in [-0.1, -0.05) is 80.0 Å². The number of nitrogens with zero attached hydrogens (tertiary/aromatic N) is 4. The molecular weight excluding hydrogens is 581 g/mol. The second-order valence-corrected chi connectivity index (χ2v) is 12.2. The van der Waals surface area contributed by atoms with Crippen LogP contribution in [-0.4, -0.2) is 42.8 Å². The van der Waals surface area contributed by atoms with Gasteiger partial charge in [-0.3, -0.25) is 9.59 Å². The molecule has 0 aliphatic carbocycles. The van der Waals surface area contributed by atoms with Crippen molar-refractivity contribution in [3.63, 3.8) is 0 Å². The maximum absolute atomic E-state index is 12.7. The Bertz CT molecular complexity index is 1740. The third-order valence-corrected chi connectivity index (χ3v) is 7.90. The number of fused-ring (bicyclic) bond motifs is 1. The van der Waals surface area contributed by atoms with E-state index in [4.69, 9.17) is 23.2 Å². The molecule has 0 atom stereocenters. The van der Waals surface area contributed by atoms with Crippen molar-refractivity contribution in [3.8, 4) is 5.69 Å².